The van der Waals surface area contributed by atoms with Crippen LogP contribution in [0.4, 0.5) is 0 Å². The Morgan fingerprint density at radius 1 is 1.19 bits per heavy atom. The van der Waals surface area contributed by atoms with Gasteiger partial charge < -0.3 is 5.73 Å². The predicted molar refractivity (Wildman–Crippen MR) is 83.6 cm³/mol. The van der Waals surface area contributed by atoms with Crippen molar-refractivity contribution < 1.29 is 0 Å². The summed E-state index contributed by atoms with van der Waals surface area (Å²) in [5, 5.41) is 9.62. The molecule has 2 saturated heterocycles. The van der Waals surface area contributed by atoms with Gasteiger partial charge in [-0.3, -0.25) is 9.80 Å². The summed E-state index contributed by atoms with van der Waals surface area (Å²) in [6.45, 7) is 5.14. The van der Waals surface area contributed by atoms with Gasteiger partial charge in [-0.1, -0.05) is 30.3 Å². The van der Waals surface area contributed by atoms with Crippen LogP contribution in [-0.4, -0.2) is 48.6 Å². The molecule has 0 saturated carbocycles. The lowest BCUT2D eigenvalue weighted by atomic mass is 9.91. The molecule has 1 aromatic rings. The van der Waals surface area contributed by atoms with Gasteiger partial charge in [-0.05, 0) is 44.5 Å². The van der Waals surface area contributed by atoms with Gasteiger partial charge in [0.2, 0.25) is 0 Å². The molecule has 4 nitrogen and oxygen atoms in total. The summed E-state index contributed by atoms with van der Waals surface area (Å²) < 4.78 is 0. The highest BCUT2D eigenvalue weighted by Crippen LogP contribution is 2.24. The molecule has 2 heterocycles. The van der Waals surface area contributed by atoms with Crippen LogP contribution in [-0.2, 0) is 5.54 Å². The lowest BCUT2D eigenvalue weighted by Gasteiger charge is -2.31. The van der Waals surface area contributed by atoms with E-state index in [1.165, 1.54) is 32.4 Å². The van der Waals surface area contributed by atoms with Gasteiger partial charge in [0, 0.05) is 19.1 Å². The Balaban J connectivity index is 1.73. The van der Waals surface area contributed by atoms with Crippen molar-refractivity contribution >= 4 is 0 Å². The van der Waals surface area contributed by atoms with Crippen LogP contribution in [0.3, 0.4) is 0 Å². The first-order valence-electron chi connectivity index (χ1n) is 7.93. The van der Waals surface area contributed by atoms with E-state index < -0.39 is 5.54 Å². The van der Waals surface area contributed by atoms with Crippen LogP contribution >= 0.6 is 0 Å². The third-order valence-electron chi connectivity index (χ3n) is 4.85. The van der Waals surface area contributed by atoms with Crippen molar-refractivity contribution in [3.8, 4) is 6.07 Å². The molecule has 4 heteroatoms. The third-order valence-corrected chi connectivity index (χ3v) is 4.85. The number of benzene rings is 1. The zero-order chi connectivity index (χ0) is 14.7. The molecule has 21 heavy (non-hydrogen) atoms. The molecule has 0 bridgehead atoms. The van der Waals surface area contributed by atoms with Gasteiger partial charge in [0.25, 0.3) is 0 Å². The van der Waals surface area contributed by atoms with E-state index in [0.717, 1.165) is 18.7 Å². The second-order valence-corrected chi connectivity index (χ2v) is 6.37. The van der Waals surface area contributed by atoms with Gasteiger partial charge in [0.05, 0.1) is 6.07 Å². The smallest absolute Gasteiger partial charge is 0.142 e. The molecule has 1 aromatic carbocycles. The van der Waals surface area contributed by atoms with Gasteiger partial charge in [0.15, 0.2) is 0 Å². The van der Waals surface area contributed by atoms with E-state index in [1.54, 1.807) is 0 Å². The fraction of sp³-hybridized carbons (Fsp3) is 0.588. The van der Waals surface area contributed by atoms with E-state index >= 15 is 0 Å². The zero-order valence-electron chi connectivity index (χ0n) is 12.5. The van der Waals surface area contributed by atoms with Crippen molar-refractivity contribution in [3.63, 3.8) is 0 Å². The van der Waals surface area contributed by atoms with Gasteiger partial charge >= 0.3 is 0 Å². The Bertz CT molecular complexity index is 509. The van der Waals surface area contributed by atoms with Crippen molar-refractivity contribution in [2.45, 2.75) is 30.8 Å². The van der Waals surface area contributed by atoms with Gasteiger partial charge in [-0.2, -0.15) is 5.26 Å². The number of hydrogen-bond acceptors (Lipinski definition) is 4. The normalized spacial score (nSPS) is 26.6. The maximum absolute atomic E-state index is 9.62. The van der Waals surface area contributed by atoms with Crippen LogP contribution in [0, 0.1) is 11.3 Å². The summed E-state index contributed by atoms with van der Waals surface area (Å²) in [6.07, 6.45) is 3.77. The fourth-order valence-corrected chi connectivity index (χ4v) is 3.71. The first-order valence-corrected chi connectivity index (χ1v) is 7.93. The molecular formula is C17H24N4. The molecule has 2 N–H and O–H groups in total. The summed E-state index contributed by atoms with van der Waals surface area (Å²) in [4.78, 5) is 5.00. The number of nitrogens with zero attached hydrogens (tertiary/aromatic N) is 3. The molecule has 3 rings (SSSR count). The molecule has 0 amide bonds. The molecule has 2 atom stereocenters. The van der Waals surface area contributed by atoms with Crippen LogP contribution in [0.5, 0.6) is 0 Å². The van der Waals surface area contributed by atoms with Gasteiger partial charge in [-0.15, -0.1) is 0 Å². The number of hydrogen-bond donors (Lipinski definition) is 1. The second-order valence-electron chi connectivity index (χ2n) is 6.37. The van der Waals surface area contributed by atoms with E-state index in [2.05, 4.69) is 15.9 Å². The first kappa shape index (κ1) is 14.5. The zero-order valence-corrected chi connectivity index (χ0v) is 12.5. The number of nitrogens with two attached hydrogens (primary N) is 1. The maximum atomic E-state index is 9.62. The largest absolute Gasteiger partial charge is 0.309 e. The standard InChI is InChI=1S/C17H24N4/c18-13-17(19,15-6-2-1-3-7-15)14-20-9-5-11-21-10-4-8-16(21)12-20/h1-3,6-7,16H,4-5,8-12,14,19H2. The SMILES string of the molecule is N#CC(N)(CN1CCCN2CCCC2C1)c1ccccc1. The Morgan fingerprint density at radius 3 is 2.71 bits per heavy atom. The van der Waals surface area contributed by atoms with E-state index in [0.29, 0.717) is 12.6 Å². The maximum Gasteiger partial charge on any atom is 0.142 e. The second kappa shape index (κ2) is 6.15. The van der Waals surface area contributed by atoms with Crippen molar-refractivity contribution in [2.75, 3.05) is 32.7 Å². The van der Waals surface area contributed by atoms with E-state index in [-0.39, 0.29) is 0 Å². The van der Waals surface area contributed by atoms with E-state index in [4.69, 9.17) is 5.73 Å². The highest BCUT2D eigenvalue weighted by molar-refractivity contribution is 5.31. The Kier molecular flexibility index (Phi) is 4.25. The summed E-state index contributed by atoms with van der Waals surface area (Å²) in [5.74, 6) is 0. The third kappa shape index (κ3) is 3.11. The Hall–Kier alpha value is -1.41. The van der Waals surface area contributed by atoms with Gasteiger partial charge in [-0.25, -0.2) is 0 Å². The number of fused-ring (bicyclic) bond motifs is 1. The lowest BCUT2D eigenvalue weighted by molar-refractivity contribution is 0.200. The van der Waals surface area contributed by atoms with Crippen molar-refractivity contribution in [2.24, 2.45) is 5.73 Å². The summed E-state index contributed by atoms with van der Waals surface area (Å²) in [5.41, 5.74) is 6.43. The van der Waals surface area contributed by atoms with E-state index in [9.17, 15) is 5.26 Å². The average Bonchev–Trinajstić information content (AvgIpc) is 2.87. The van der Waals surface area contributed by atoms with E-state index in [1.807, 2.05) is 30.3 Å². The fourth-order valence-electron chi connectivity index (χ4n) is 3.71. The van der Waals surface area contributed by atoms with Gasteiger partial charge in [0.1, 0.15) is 5.54 Å². The van der Waals surface area contributed by atoms with Crippen LogP contribution in [0.2, 0.25) is 0 Å². The molecular weight excluding hydrogens is 260 g/mol. The Morgan fingerprint density at radius 2 is 1.95 bits per heavy atom. The van der Waals surface area contributed by atoms with Crippen LogP contribution in [0.15, 0.2) is 30.3 Å². The average molecular weight is 284 g/mol. The first-order chi connectivity index (χ1) is 10.2. The highest BCUT2D eigenvalue weighted by Gasteiger charge is 2.34. The summed E-state index contributed by atoms with van der Waals surface area (Å²) in [6, 6.07) is 12.8. The monoisotopic (exact) mass is 284 g/mol. The topological polar surface area (TPSA) is 56.3 Å². The van der Waals surface area contributed by atoms with Crippen molar-refractivity contribution in [1.82, 2.24) is 9.80 Å². The quantitative estimate of drug-likeness (QED) is 0.914. The summed E-state index contributed by atoms with van der Waals surface area (Å²) in [7, 11) is 0. The van der Waals surface area contributed by atoms with Crippen LogP contribution < -0.4 is 5.73 Å². The van der Waals surface area contributed by atoms with Crippen molar-refractivity contribution in [1.29, 1.82) is 5.26 Å². The summed E-state index contributed by atoms with van der Waals surface area (Å²) >= 11 is 0. The van der Waals surface area contributed by atoms with Crippen LogP contribution in [0.25, 0.3) is 0 Å². The Labute approximate surface area is 127 Å². The molecule has 2 aliphatic heterocycles. The molecule has 0 radical (unpaired) electrons. The van der Waals surface area contributed by atoms with Crippen molar-refractivity contribution in [3.05, 3.63) is 35.9 Å². The molecule has 0 aromatic heterocycles. The lowest BCUT2D eigenvalue weighted by Crippen LogP contribution is -2.48. The predicted octanol–water partition coefficient (Wildman–Crippen LogP) is 1.53. The molecule has 0 spiro atoms. The molecule has 2 aliphatic rings. The molecule has 2 unspecified atom stereocenters. The molecule has 2 fully saturated rings. The highest BCUT2D eigenvalue weighted by atomic mass is 15.3. The molecule has 112 valence electrons. The minimum absolute atomic E-state index is 0.623. The molecule has 0 aliphatic carbocycles. The number of rotatable bonds is 3. The minimum Gasteiger partial charge on any atom is -0.309 e. The van der Waals surface area contributed by atoms with Crippen LogP contribution in [0.1, 0.15) is 24.8 Å². The number of nitriles is 1. The minimum atomic E-state index is -0.908.